The number of carbonyl (C=O) groups is 1. The van der Waals surface area contributed by atoms with E-state index in [2.05, 4.69) is 21.2 Å². The third-order valence-corrected chi connectivity index (χ3v) is 4.47. The van der Waals surface area contributed by atoms with E-state index in [-0.39, 0.29) is 16.7 Å². The Kier molecular flexibility index (Phi) is 6.56. The Morgan fingerprint density at radius 2 is 2.04 bits per heavy atom. The first-order chi connectivity index (χ1) is 11.8. The van der Waals surface area contributed by atoms with Crippen LogP contribution in [0.5, 0.6) is 11.5 Å². The summed E-state index contributed by atoms with van der Waals surface area (Å²) in [4.78, 5) is 11.0. The van der Waals surface area contributed by atoms with Gasteiger partial charge in [-0.25, -0.2) is 4.79 Å². The summed E-state index contributed by atoms with van der Waals surface area (Å²) < 4.78 is 12.2. The van der Waals surface area contributed by atoms with Crippen molar-refractivity contribution in [2.24, 2.45) is 0 Å². The molecule has 2 aromatic carbocycles. The number of aromatic carboxylic acids is 1. The van der Waals surface area contributed by atoms with E-state index in [1.165, 1.54) is 6.07 Å². The number of carboxylic acids is 1. The van der Waals surface area contributed by atoms with Crippen molar-refractivity contribution < 1.29 is 19.4 Å². The van der Waals surface area contributed by atoms with Gasteiger partial charge in [-0.15, -0.1) is 0 Å². The smallest absolute Gasteiger partial charge is 0.337 e. The van der Waals surface area contributed by atoms with E-state index in [9.17, 15) is 4.79 Å². The zero-order chi connectivity index (χ0) is 18.6. The first-order valence-corrected chi connectivity index (χ1v) is 8.79. The molecule has 0 fully saturated rings. The van der Waals surface area contributed by atoms with Crippen molar-refractivity contribution in [1.82, 2.24) is 0 Å². The summed E-state index contributed by atoms with van der Waals surface area (Å²) in [5.74, 6) is 0.250. The number of methoxy groups -OCH3 is 1. The lowest BCUT2D eigenvalue weighted by Gasteiger charge is -2.19. The second-order valence-corrected chi connectivity index (χ2v) is 6.84. The van der Waals surface area contributed by atoms with Crippen molar-refractivity contribution in [3.05, 3.63) is 51.0 Å². The van der Waals surface area contributed by atoms with Crippen molar-refractivity contribution in [2.45, 2.75) is 26.5 Å². The third-order valence-electron chi connectivity index (χ3n) is 3.41. The summed E-state index contributed by atoms with van der Waals surface area (Å²) in [7, 11) is 1.60. The number of rotatable bonds is 7. The highest BCUT2D eigenvalue weighted by atomic mass is 79.9. The molecule has 0 unspecified atom stereocenters. The maximum Gasteiger partial charge on any atom is 0.337 e. The number of ether oxygens (including phenoxy) is 2. The molecular weight excluding hydrogens is 410 g/mol. The van der Waals surface area contributed by atoms with Gasteiger partial charge in [-0.3, -0.25) is 0 Å². The predicted molar refractivity (Wildman–Crippen MR) is 102 cm³/mol. The van der Waals surface area contributed by atoms with E-state index in [4.69, 9.17) is 26.2 Å². The first-order valence-electron chi connectivity index (χ1n) is 7.62. The molecule has 0 saturated heterocycles. The number of anilines is 1. The lowest BCUT2D eigenvalue weighted by Crippen LogP contribution is -2.11. The molecule has 5 nitrogen and oxygen atoms in total. The molecule has 0 aliphatic carbocycles. The minimum Gasteiger partial charge on any atom is -0.493 e. The van der Waals surface area contributed by atoms with Crippen LogP contribution in [0.15, 0.2) is 34.8 Å². The van der Waals surface area contributed by atoms with Crippen molar-refractivity contribution in [3.8, 4) is 11.5 Å². The minimum absolute atomic E-state index is 0.00811. The number of hydrogen-bond acceptors (Lipinski definition) is 4. The van der Waals surface area contributed by atoms with Crippen LogP contribution in [0, 0.1) is 0 Å². The maximum atomic E-state index is 11.0. The molecule has 0 radical (unpaired) electrons. The van der Waals surface area contributed by atoms with Crippen molar-refractivity contribution in [2.75, 3.05) is 12.4 Å². The van der Waals surface area contributed by atoms with Gasteiger partial charge in [-0.1, -0.05) is 27.5 Å². The van der Waals surface area contributed by atoms with Crippen LogP contribution in [-0.2, 0) is 6.54 Å². The highest BCUT2D eigenvalue weighted by Gasteiger charge is 2.16. The van der Waals surface area contributed by atoms with Crippen LogP contribution in [0.2, 0.25) is 5.02 Å². The van der Waals surface area contributed by atoms with Gasteiger partial charge in [0.25, 0.3) is 0 Å². The monoisotopic (exact) mass is 427 g/mol. The molecule has 0 amide bonds. The number of halogens is 2. The fourth-order valence-corrected chi connectivity index (χ4v) is 2.98. The third kappa shape index (κ3) is 4.80. The molecule has 2 N–H and O–H groups in total. The Bertz CT molecular complexity index is 780. The molecule has 7 heteroatoms. The zero-order valence-corrected chi connectivity index (χ0v) is 16.4. The molecule has 2 aromatic rings. The second-order valence-electron chi connectivity index (χ2n) is 5.58. The largest absolute Gasteiger partial charge is 0.493 e. The Morgan fingerprint density at radius 3 is 2.60 bits per heavy atom. The van der Waals surface area contributed by atoms with E-state index in [0.29, 0.717) is 23.7 Å². The molecule has 0 saturated carbocycles. The van der Waals surface area contributed by atoms with Crippen molar-refractivity contribution >= 4 is 39.2 Å². The molecule has 0 aliphatic heterocycles. The molecule has 0 heterocycles. The number of hydrogen-bond donors (Lipinski definition) is 2. The van der Waals surface area contributed by atoms with Crippen LogP contribution in [0.1, 0.15) is 29.8 Å². The summed E-state index contributed by atoms with van der Waals surface area (Å²) in [5.41, 5.74) is 1.67. The van der Waals surface area contributed by atoms with E-state index in [0.717, 1.165) is 10.0 Å². The Morgan fingerprint density at radius 1 is 1.32 bits per heavy atom. The highest BCUT2D eigenvalue weighted by Crippen LogP contribution is 2.37. The van der Waals surface area contributed by atoms with Gasteiger partial charge in [0.15, 0.2) is 11.5 Å². The van der Waals surface area contributed by atoms with E-state index in [1.807, 2.05) is 26.0 Å². The Balaban J connectivity index is 2.28. The quantitative estimate of drug-likeness (QED) is 0.634. The van der Waals surface area contributed by atoms with Gasteiger partial charge in [-0.2, -0.15) is 0 Å². The van der Waals surface area contributed by atoms with Gasteiger partial charge in [-0.05, 0) is 44.2 Å². The molecule has 0 spiro atoms. The molecule has 0 bridgehead atoms. The normalized spacial score (nSPS) is 10.6. The molecular formula is C18H19BrClNO4. The van der Waals surface area contributed by atoms with Gasteiger partial charge in [0, 0.05) is 22.3 Å². The zero-order valence-electron chi connectivity index (χ0n) is 14.1. The van der Waals surface area contributed by atoms with Gasteiger partial charge < -0.3 is 19.9 Å². The van der Waals surface area contributed by atoms with Gasteiger partial charge in [0.2, 0.25) is 0 Å². The van der Waals surface area contributed by atoms with Crippen LogP contribution < -0.4 is 14.8 Å². The minimum atomic E-state index is -1.06. The standard InChI is InChI=1S/C18H19BrClNO4/c1-10(2)25-17-13(14(19)6-7-16(17)24-3)9-21-11-4-5-12(18(22)23)15(20)8-11/h4-8,10,21H,9H2,1-3H3,(H,22,23). The SMILES string of the molecule is COc1ccc(Br)c(CNc2ccc(C(=O)O)c(Cl)c2)c1OC(C)C. The first kappa shape index (κ1) is 19.4. The maximum absolute atomic E-state index is 11.0. The van der Waals surface area contributed by atoms with Crippen LogP contribution in [-0.4, -0.2) is 24.3 Å². The highest BCUT2D eigenvalue weighted by molar-refractivity contribution is 9.10. The number of carboxylic acid groups (broad SMARTS) is 1. The van der Waals surface area contributed by atoms with E-state index >= 15 is 0 Å². The average molecular weight is 429 g/mol. The van der Waals surface area contributed by atoms with Crippen LogP contribution in [0.4, 0.5) is 5.69 Å². The topological polar surface area (TPSA) is 67.8 Å². The molecule has 134 valence electrons. The van der Waals surface area contributed by atoms with Gasteiger partial charge in [0.1, 0.15) is 0 Å². The molecule has 0 aliphatic rings. The number of benzene rings is 2. The second kappa shape index (κ2) is 8.45. The summed E-state index contributed by atoms with van der Waals surface area (Å²) in [6, 6.07) is 8.46. The molecule has 2 rings (SSSR count). The fraction of sp³-hybridized carbons (Fsp3) is 0.278. The lowest BCUT2D eigenvalue weighted by atomic mass is 10.1. The van der Waals surface area contributed by atoms with Crippen molar-refractivity contribution in [1.29, 1.82) is 0 Å². The predicted octanol–water partition coefficient (Wildman–Crippen LogP) is 5.21. The number of nitrogens with one attached hydrogen (secondary N) is 1. The molecule has 0 aromatic heterocycles. The van der Waals surface area contributed by atoms with E-state index in [1.54, 1.807) is 19.2 Å². The van der Waals surface area contributed by atoms with Gasteiger partial charge >= 0.3 is 5.97 Å². The summed E-state index contributed by atoms with van der Waals surface area (Å²) in [6.45, 7) is 4.34. The van der Waals surface area contributed by atoms with Gasteiger partial charge in [0.05, 0.1) is 23.8 Å². The van der Waals surface area contributed by atoms with Crippen molar-refractivity contribution in [3.63, 3.8) is 0 Å². The summed E-state index contributed by atoms with van der Waals surface area (Å²) >= 11 is 9.55. The van der Waals surface area contributed by atoms with Crippen LogP contribution in [0.3, 0.4) is 0 Å². The fourth-order valence-electron chi connectivity index (χ4n) is 2.26. The molecule has 0 atom stereocenters. The average Bonchev–Trinajstić information content (AvgIpc) is 2.54. The Hall–Kier alpha value is -1.92. The van der Waals surface area contributed by atoms with Crippen LogP contribution >= 0.6 is 27.5 Å². The molecule has 25 heavy (non-hydrogen) atoms. The van der Waals surface area contributed by atoms with Crippen LogP contribution in [0.25, 0.3) is 0 Å². The summed E-state index contributed by atoms with van der Waals surface area (Å²) in [5, 5.41) is 12.4. The van der Waals surface area contributed by atoms with E-state index < -0.39 is 5.97 Å². The summed E-state index contributed by atoms with van der Waals surface area (Å²) in [6.07, 6.45) is -0.00811. The Labute approximate surface area is 160 Å². The lowest BCUT2D eigenvalue weighted by molar-refractivity contribution is 0.0697.